The van der Waals surface area contributed by atoms with Gasteiger partial charge < -0.3 is 15.1 Å². The van der Waals surface area contributed by atoms with E-state index in [0.29, 0.717) is 12.1 Å². The van der Waals surface area contributed by atoms with Gasteiger partial charge in [-0.05, 0) is 31.0 Å². The molecule has 0 bridgehead atoms. The third-order valence-corrected chi connectivity index (χ3v) is 3.83. The van der Waals surface area contributed by atoms with Crippen LogP contribution in [0.5, 0.6) is 0 Å². The van der Waals surface area contributed by atoms with Gasteiger partial charge >= 0.3 is 5.97 Å². The van der Waals surface area contributed by atoms with Crippen molar-refractivity contribution in [1.82, 2.24) is 4.90 Å². The lowest BCUT2D eigenvalue weighted by molar-refractivity contribution is 0.0693. The lowest BCUT2D eigenvalue weighted by Gasteiger charge is -2.23. The van der Waals surface area contributed by atoms with Gasteiger partial charge in [0.05, 0.1) is 11.7 Å². The Morgan fingerprint density at radius 1 is 1.30 bits per heavy atom. The van der Waals surface area contributed by atoms with Crippen molar-refractivity contribution in [1.29, 1.82) is 0 Å². The van der Waals surface area contributed by atoms with E-state index < -0.39 is 5.97 Å². The Labute approximate surface area is 117 Å². The molecule has 20 heavy (non-hydrogen) atoms. The molecule has 0 aromatic heterocycles. The summed E-state index contributed by atoms with van der Waals surface area (Å²) >= 11 is 0. The van der Waals surface area contributed by atoms with Crippen LogP contribution in [0.4, 0.5) is 0 Å². The van der Waals surface area contributed by atoms with Gasteiger partial charge in [0.1, 0.15) is 0 Å². The van der Waals surface area contributed by atoms with E-state index in [0.717, 1.165) is 19.3 Å². The molecule has 1 aromatic rings. The van der Waals surface area contributed by atoms with Gasteiger partial charge in [0, 0.05) is 25.1 Å². The summed E-state index contributed by atoms with van der Waals surface area (Å²) in [7, 11) is 1.68. The Morgan fingerprint density at radius 3 is 2.60 bits per heavy atom. The molecule has 1 amide bonds. The maximum absolute atomic E-state index is 12.3. The maximum Gasteiger partial charge on any atom is 0.335 e. The largest absolute Gasteiger partial charge is 0.478 e. The molecule has 2 rings (SSSR count). The molecule has 5 nitrogen and oxygen atoms in total. The second-order valence-electron chi connectivity index (χ2n) is 5.33. The highest BCUT2D eigenvalue weighted by atomic mass is 16.4. The highest BCUT2D eigenvalue weighted by Crippen LogP contribution is 2.26. The number of aliphatic hydroxyl groups excluding tert-OH is 1. The lowest BCUT2D eigenvalue weighted by atomic mass is 10.0. The summed E-state index contributed by atoms with van der Waals surface area (Å²) in [6, 6.07) is 6.01. The Hall–Kier alpha value is -1.88. The minimum Gasteiger partial charge on any atom is -0.478 e. The van der Waals surface area contributed by atoms with Gasteiger partial charge in [0.2, 0.25) is 0 Å². The van der Waals surface area contributed by atoms with Crippen LogP contribution in [0.2, 0.25) is 0 Å². The van der Waals surface area contributed by atoms with Gasteiger partial charge in [-0.15, -0.1) is 0 Å². The van der Waals surface area contributed by atoms with Crippen molar-refractivity contribution in [2.75, 3.05) is 13.6 Å². The minimum absolute atomic E-state index is 0.102. The molecule has 1 aromatic carbocycles. The average Bonchev–Trinajstić information content (AvgIpc) is 2.83. The number of carbonyl (C=O) groups is 2. The number of rotatable bonds is 4. The van der Waals surface area contributed by atoms with Crippen molar-refractivity contribution in [2.24, 2.45) is 5.92 Å². The molecule has 108 valence electrons. The number of nitrogens with zero attached hydrogens (tertiary/aromatic N) is 1. The summed E-state index contributed by atoms with van der Waals surface area (Å²) in [5.74, 6) is -1.15. The maximum atomic E-state index is 12.3. The number of aliphatic hydroxyl groups is 1. The highest BCUT2D eigenvalue weighted by molar-refractivity contribution is 5.97. The summed E-state index contributed by atoms with van der Waals surface area (Å²) in [4.78, 5) is 24.7. The average molecular weight is 277 g/mol. The zero-order valence-corrected chi connectivity index (χ0v) is 11.5. The van der Waals surface area contributed by atoms with Crippen LogP contribution in [0.1, 0.15) is 40.0 Å². The molecule has 2 atom stereocenters. The first-order valence-electron chi connectivity index (χ1n) is 6.76. The Balaban J connectivity index is 2.06. The van der Waals surface area contributed by atoms with Gasteiger partial charge in [-0.25, -0.2) is 4.79 Å². The second-order valence-corrected chi connectivity index (χ2v) is 5.33. The number of amides is 1. The second kappa shape index (κ2) is 6.05. The first-order valence-corrected chi connectivity index (χ1v) is 6.76. The van der Waals surface area contributed by atoms with E-state index >= 15 is 0 Å². The van der Waals surface area contributed by atoms with Crippen molar-refractivity contribution in [3.8, 4) is 0 Å². The van der Waals surface area contributed by atoms with Crippen LogP contribution in [0, 0.1) is 5.92 Å². The molecule has 0 spiro atoms. The van der Waals surface area contributed by atoms with Crippen LogP contribution in [-0.2, 0) is 0 Å². The predicted molar refractivity (Wildman–Crippen MR) is 73.7 cm³/mol. The van der Waals surface area contributed by atoms with Crippen LogP contribution in [-0.4, -0.2) is 46.7 Å². The number of benzene rings is 1. The standard InChI is InChI=1S/C15H19NO4/c1-16(9-12-6-3-7-13(12)17)14(18)10-4-2-5-11(8-10)15(19)20/h2,4-5,8,12-13,17H,3,6-7,9H2,1H3,(H,19,20). The van der Waals surface area contributed by atoms with Crippen molar-refractivity contribution in [3.63, 3.8) is 0 Å². The van der Waals surface area contributed by atoms with E-state index in [9.17, 15) is 14.7 Å². The number of hydrogen-bond donors (Lipinski definition) is 2. The quantitative estimate of drug-likeness (QED) is 0.876. The number of carboxylic acids is 1. The third kappa shape index (κ3) is 3.17. The first kappa shape index (κ1) is 14.5. The Bertz CT molecular complexity index is 514. The van der Waals surface area contributed by atoms with E-state index in [4.69, 9.17) is 5.11 Å². The number of hydrogen-bond acceptors (Lipinski definition) is 3. The zero-order valence-electron chi connectivity index (χ0n) is 11.5. The summed E-state index contributed by atoms with van der Waals surface area (Å²) in [5.41, 5.74) is 0.463. The van der Waals surface area contributed by atoms with E-state index in [-0.39, 0.29) is 23.5 Å². The molecular formula is C15H19NO4. The lowest BCUT2D eigenvalue weighted by Crippen LogP contribution is -2.34. The van der Waals surface area contributed by atoms with Crippen LogP contribution < -0.4 is 0 Å². The van der Waals surface area contributed by atoms with E-state index in [1.165, 1.54) is 12.1 Å². The monoisotopic (exact) mass is 277 g/mol. The van der Waals surface area contributed by atoms with Crippen LogP contribution in [0.15, 0.2) is 24.3 Å². The van der Waals surface area contributed by atoms with Crippen LogP contribution in [0.25, 0.3) is 0 Å². The molecule has 1 aliphatic rings. The highest BCUT2D eigenvalue weighted by Gasteiger charge is 2.27. The molecule has 2 N–H and O–H groups in total. The van der Waals surface area contributed by atoms with Crippen molar-refractivity contribution in [2.45, 2.75) is 25.4 Å². The third-order valence-electron chi connectivity index (χ3n) is 3.83. The first-order chi connectivity index (χ1) is 9.49. The van der Waals surface area contributed by atoms with Crippen molar-refractivity contribution < 1.29 is 19.8 Å². The summed E-state index contributed by atoms with van der Waals surface area (Å²) < 4.78 is 0. The fourth-order valence-corrected chi connectivity index (χ4v) is 2.67. The molecule has 0 heterocycles. The van der Waals surface area contributed by atoms with Gasteiger partial charge in [0.25, 0.3) is 5.91 Å². The van der Waals surface area contributed by atoms with Crippen LogP contribution >= 0.6 is 0 Å². The molecule has 1 saturated carbocycles. The molecule has 0 radical (unpaired) electrons. The smallest absolute Gasteiger partial charge is 0.335 e. The SMILES string of the molecule is CN(CC1CCCC1O)C(=O)c1cccc(C(=O)O)c1. The van der Waals surface area contributed by atoms with E-state index in [1.807, 2.05) is 0 Å². The van der Waals surface area contributed by atoms with Gasteiger partial charge in [-0.3, -0.25) is 4.79 Å². The topological polar surface area (TPSA) is 77.8 Å². The fourth-order valence-electron chi connectivity index (χ4n) is 2.67. The van der Waals surface area contributed by atoms with Gasteiger partial charge in [-0.1, -0.05) is 12.5 Å². The fraction of sp³-hybridized carbons (Fsp3) is 0.467. The van der Waals surface area contributed by atoms with Gasteiger partial charge in [-0.2, -0.15) is 0 Å². The Morgan fingerprint density at radius 2 is 2.00 bits per heavy atom. The Kier molecular flexibility index (Phi) is 4.39. The molecule has 0 aliphatic heterocycles. The summed E-state index contributed by atoms with van der Waals surface area (Å²) in [6.07, 6.45) is 2.37. The van der Waals surface area contributed by atoms with Crippen molar-refractivity contribution >= 4 is 11.9 Å². The molecular weight excluding hydrogens is 258 g/mol. The predicted octanol–water partition coefficient (Wildman–Crippen LogP) is 1.62. The summed E-state index contributed by atoms with van der Waals surface area (Å²) in [6.45, 7) is 0.497. The summed E-state index contributed by atoms with van der Waals surface area (Å²) in [5, 5.41) is 18.7. The van der Waals surface area contributed by atoms with Gasteiger partial charge in [0.15, 0.2) is 0 Å². The number of carbonyl (C=O) groups excluding carboxylic acids is 1. The van der Waals surface area contributed by atoms with E-state index in [2.05, 4.69) is 0 Å². The molecule has 2 unspecified atom stereocenters. The molecule has 0 saturated heterocycles. The molecule has 5 heteroatoms. The van der Waals surface area contributed by atoms with E-state index in [1.54, 1.807) is 24.1 Å². The number of carboxylic acid groups (broad SMARTS) is 1. The molecule has 1 fully saturated rings. The van der Waals surface area contributed by atoms with Crippen molar-refractivity contribution in [3.05, 3.63) is 35.4 Å². The van der Waals surface area contributed by atoms with Crippen LogP contribution in [0.3, 0.4) is 0 Å². The number of aromatic carboxylic acids is 1. The normalized spacial score (nSPS) is 21.7. The minimum atomic E-state index is -1.05. The zero-order chi connectivity index (χ0) is 14.7. The molecule has 1 aliphatic carbocycles.